The lowest BCUT2D eigenvalue weighted by Gasteiger charge is -2.26. The number of hydrogen-bond acceptors (Lipinski definition) is 7. The quantitative estimate of drug-likeness (QED) is 0.647. The molecule has 0 unspecified atom stereocenters. The summed E-state index contributed by atoms with van der Waals surface area (Å²) in [5.41, 5.74) is 0.887. The minimum atomic E-state index is -0.726. The SMILES string of the molecule is O=C1C=CC(c2oc3cc(CN4CCOCC4)ccc3c(=O)c2O)=CC1=O. The van der Waals surface area contributed by atoms with Gasteiger partial charge < -0.3 is 14.3 Å². The lowest BCUT2D eigenvalue weighted by atomic mass is 10.0. The molecule has 0 spiro atoms. The standard InChI is InChI=1S/C20H17NO6/c22-15-4-2-13(10-16(15)23)20-19(25)18(24)14-3-1-12(9-17(14)27-20)11-21-5-7-26-8-6-21/h1-4,9-10,25H,5-8,11H2. The molecule has 1 aliphatic carbocycles. The van der Waals surface area contributed by atoms with Crippen molar-refractivity contribution >= 4 is 28.1 Å². The van der Waals surface area contributed by atoms with Crippen LogP contribution in [0.4, 0.5) is 0 Å². The Hall–Kier alpha value is -3.03. The van der Waals surface area contributed by atoms with Crippen LogP contribution in [0.1, 0.15) is 11.3 Å². The predicted octanol–water partition coefficient (Wildman–Crippen LogP) is 1.42. The van der Waals surface area contributed by atoms with Crippen molar-refractivity contribution in [3.63, 3.8) is 0 Å². The van der Waals surface area contributed by atoms with Crippen LogP contribution in [0.5, 0.6) is 5.75 Å². The van der Waals surface area contributed by atoms with Gasteiger partial charge in [0.15, 0.2) is 5.76 Å². The number of benzene rings is 1. The van der Waals surface area contributed by atoms with Gasteiger partial charge in [0.05, 0.1) is 18.6 Å². The number of ether oxygens (including phenoxy) is 1. The molecular formula is C20H17NO6. The van der Waals surface area contributed by atoms with Gasteiger partial charge in [0.2, 0.25) is 22.7 Å². The number of hydrogen-bond donors (Lipinski definition) is 1. The smallest absolute Gasteiger partial charge is 0.235 e. The summed E-state index contributed by atoms with van der Waals surface area (Å²) in [6.45, 7) is 3.73. The average Bonchev–Trinajstić information content (AvgIpc) is 2.68. The van der Waals surface area contributed by atoms with Gasteiger partial charge in [-0.15, -0.1) is 0 Å². The van der Waals surface area contributed by atoms with Crippen molar-refractivity contribution in [1.82, 2.24) is 4.90 Å². The first-order valence-electron chi connectivity index (χ1n) is 8.60. The van der Waals surface area contributed by atoms with Gasteiger partial charge in [0, 0.05) is 31.3 Å². The Morgan fingerprint density at radius 3 is 2.56 bits per heavy atom. The van der Waals surface area contributed by atoms with E-state index >= 15 is 0 Å². The number of fused-ring (bicyclic) bond motifs is 1. The van der Waals surface area contributed by atoms with Gasteiger partial charge in [-0.3, -0.25) is 19.3 Å². The molecule has 0 amide bonds. The molecule has 1 N–H and O–H groups in total. The van der Waals surface area contributed by atoms with Crippen molar-refractivity contribution in [3.05, 3.63) is 58.0 Å². The van der Waals surface area contributed by atoms with Gasteiger partial charge in [-0.05, 0) is 29.8 Å². The monoisotopic (exact) mass is 367 g/mol. The number of carbonyl (C=O) groups excluding carboxylic acids is 2. The van der Waals surface area contributed by atoms with E-state index in [9.17, 15) is 19.5 Å². The Labute approximate surface area is 154 Å². The van der Waals surface area contributed by atoms with E-state index < -0.39 is 22.7 Å². The minimum Gasteiger partial charge on any atom is -0.502 e. The number of morpholine rings is 1. The predicted molar refractivity (Wildman–Crippen MR) is 97.4 cm³/mol. The first-order valence-corrected chi connectivity index (χ1v) is 8.60. The van der Waals surface area contributed by atoms with Crippen molar-refractivity contribution in [3.8, 4) is 5.75 Å². The summed E-state index contributed by atoms with van der Waals surface area (Å²) >= 11 is 0. The second-order valence-electron chi connectivity index (χ2n) is 6.49. The van der Waals surface area contributed by atoms with Gasteiger partial charge >= 0.3 is 0 Å². The van der Waals surface area contributed by atoms with Gasteiger partial charge in [-0.2, -0.15) is 0 Å². The van der Waals surface area contributed by atoms with E-state index in [0.717, 1.165) is 30.8 Å². The van der Waals surface area contributed by atoms with Gasteiger partial charge in [-0.1, -0.05) is 6.07 Å². The van der Waals surface area contributed by atoms with Crippen LogP contribution in [-0.2, 0) is 20.9 Å². The molecule has 1 aromatic carbocycles. The summed E-state index contributed by atoms with van der Waals surface area (Å²) in [4.78, 5) is 37.7. The lowest BCUT2D eigenvalue weighted by Crippen LogP contribution is -2.35. The molecule has 2 heterocycles. The Morgan fingerprint density at radius 1 is 1.04 bits per heavy atom. The molecule has 1 fully saturated rings. The zero-order valence-corrected chi connectivity index (χ0v) is 14.4. The Kier molecular flexibility index (Phi) is 4.47. The molecule has 7 nitrogen and oxygen atoms in total. The van der Waals surface area contributed by atoms with Crippen molar-refractivity contribution < 1.29 is 23.8 Å². The van der Waals surface area contributed by atoms with Crippen molar-refractivity contribution in [2.24, 2.45) is 0 Å². The highest BCUT2D eigenvalue weighted by Crippen LogP contribution is 2.29. The third kappa shape index (κ3) is 3.34. The van der Waals surface area contributed by atoms with Crippen molar-refractivity contribution in [2.75, 3.05) is 26.3 Å². The zero-order chi connectivity index (χ0) is 19.0. The Balaban J connectivity index is 1.75. The molecule has 1 saturated heterocycles. The van der Waals surface area contributed by atoms with Crippen LogP contribution in [0.2, 0.25) is 0 Å². The fourth-order valence-electron chi connectivity index (χ4n) is 3.19. The number of ketones is 2. The van der Waals surface area contributed by atoms with E-state index in [1.807, 2.05) is 6.07 Å². The second kappa shape index (κ2) is 6.94. The van der Waals surface area contributed by atoms with Crippen LogP contribution in [0, 0.1) is 0 Å². The van der Waals surface area contributed by atoms with Gasteiger partial charge in [0.1, 0.15) is 5.58 Å². The Morgan fingerprint density at radius 2 is 1.81 bits per heavy atom. The van der Waals surface area contributed by atoms with E-state index in [4.69, 9.17) is 9.15 Å². The van der Waals surface area contributed by atoms with E-state index in [0.29, 0.717) is 25.3 Å². The molecule has 0 radical (unpaired) electrons. The highest BCUT2D eigenvalue weighted by Gasteiger charge is 2.21. The average molecular weight is 367 g/mol. The Bertz CT molecular complexity index is 1060. The molecule has 138 valence electrons. The largest absolute Gasteiger partial charge is 0.502 e. The fourth-order valence-corrected chi connectivity index (χ4v) is 3.19. The highest BCUT2D eigenvalue weighted by molar-refractivity contribution is 6.48. The molecular weight excluding hydrogens is 350 g/mol. The van der Waals surface area contributed by atoms with Crippen LogP contribution in [0.3, 0.4) is 0 Å². The molecule has 0 bridgehead atoms. The molecule has 0 atom stereocenters. The molecule has 7 heteroatoms. The molecule has 1 aromatic heterocycles. The summed E-state index contributed by atoms with van der Waals surface area (Å²) in [5, 5.41) is 10.5. The maximum atomic E-state index is 12.5. The summed E-state index contributed by atoms with van der Waals surface area (Å²) in [6.07, 6.45) is 3.50. The number of allylic oxidation sites excluding steroid dienone is 4. The summed E-state index contributed by atoms with van der Waals surface area (Å²) in [7, 11) is 0. The summed E-state index contributed by atoms with van der Waals surface area (Å²) in [6, 6.07) is 5.21. The highest BCUT2D eigenvalue weighted by atomic mass is 16.5. The minimum absolute atomic E-state index is 0.117. The van der Waals surface area contributed by atoms with Crippen molar-refractivity contribution in [1.29, 1.82) is 0 Å². The molecule has 0 saturated carbocycles. The van der Waals surface area contributed by atoms with E-state index in [-0.39, 0.29) is 16.7 Å². The van der Waals surface area contributed by atoms with Crippen molar-refractivity contribution in [2.45, 2.75) is 6.54 Å². The van der Waals surface area contributed by atoms with Crippen LogP contribution in [-0.4, -0.2) is 47.9 Å². The number of carbonyl (C=O) groups is 2. The molecule has 2 aromatic rings. The van der Waals surface area contributed by atoms with Gasteiger partial charge in [-0.25, -0.2) is 0 Å². The van der Waals surface area contributed by atoms with E-state index in [1.54, 1.807) is 12.1 Å². The van der Waals surface area contributed by atoms with Crippen LogP contribution in [0.15, 0.2) is 45.6 Å². The number of aromatic hydroxyl groups is 1. The van der Waals surface area contributed by atoms with E-state index in [1.165, 1.54) is 6.08 Å². The zero-order valence-electron chi connectivity index (χ0n) is 14.4. The molecule has 1 aliphatic heterocycles. The topological polar surface area (TPSA) is 97.1 Å². The number of rotatable bonds is 3. The maximum Gasteiger partial charge on any atom is 0.235 e. The normalized spacial score (nSPS) is 18.1. The first-order chi connectivity index (χ1) is 13.0. The lowest BCUT2D eigenvalue weighted by molar-refractivity contribution is -0.131. The second-order valence-corrected chi connectivity index (χ2v) is 6.49. The third-order valence-electron chi connectivity index (χ3n) is 4.65. The summed E-state index contributed by atoms with van der Waals surface area (Å²) < 4.78 is 11.1. The fraction of sp³-hybridized carbons (Fsp3) is 0.250. The van der Waals surface area contributed by atoms with Crippen LogP contribution < -0.4 is 5.43 Å². The third-order valence-corrected chi connectivity index (χ3v) is 4.65. The van der Waals surface area contributed by atoms with Gasteiger partial charge in [0.25, 0.3) is 0 Å². The molecule has 2 aliphatic rings. The summed E-state index contributed by atoms with van der Waals surface area (Å²) in [5.74, 6) is -2.08. The molecule has 4 rings (SSSR count). The first kappa shape index (κ1) is 17.4. The molecule has 27 heavy (non-hydrogen) atoms. The number of nitrogens with zero attached hydrogens (tertiary/aromatic N) is 1. The van der Waals surface area contributed by atoms with Crippen LogP contribution in [0.25, 0.3) is 16.5 Å². The van der Waals surface area contributed by atoms with E-state index in [2.05, 4.69) is 4.90 Å². The maximum absolute atomic E-state index is 12.5. The van der Waals surface area contributed by atoms with Crippen LogP contribution >= 0.6 is 0 Å².